The molecule has 0 aliphatic carbocycles. The van der Waals surface area contributed by atoms with Crippen molar-refractivity contribution in [3.8, 4) is 11.5 Å². The van der Waals surface area contributed by atoms with Gasteiger partial charge in [0.15, 0.2) is 0 Å². The number of halogens is 1. The maximum Gasteiger partial charge on any atom is 0.324 e. The lowest BCUT2D eigenvalue weighted by atomic mass is 9.94. The molecule has 2 aliphatic heterocycles. The van der Waals surface area contributed by atoms with E-state index in [0.717, 1.165) is 63.4 Å². The molecule has 0 bridgehead atoms. The molecule has 0 aromatic heterocycles. The summed E-state index contributed by atoms with van der Waals surface area (Å²) in [4.78, 5) is 18.8. The van der Waals surface area contributed by atoms with Gasteiger partial charge in [0.05, 0.1) is 6.61 Å². The summed E-state index contributed by atoms with van der Waals surface area (Å²) >= 11 is 0. The van der Waals surface area contributed by atoms with Gasteiger partial charge in [-0.3, -0.25) is 4.90 Å². The lowest BCUT2D eigenvalue weighted by Crippen LogP contribution is -2.41. The molecule has 0 atom stereocenters. The number of hydrogen-bond acceptors (Lipinski definition) is 4. The molecule has 0 spiro atoms. The maximum atomic E-state index is 12.9. The van der Waals surface area contributed by atoms with Crippen LogP contribution in [0.3, 0.4) is 0 Å². The Morgan fingerprint density at radius 1 is 0.935 bits per heavy atom. The van der Waals surface area contributed by atoms with E-state index in [-0.39, 0.29) is 17.6 Å². The minimum absolute atomic E-state index is 0.0403. The SMILES string of the molecule is O=C1N(CCN2CCC(CCOc3ccc(F)cc3)CC2)CCN1c1ccc(O)cc1. The molecule has 31 heavy (non-hydrogen) atoms. The fraction of sp³-hybridized carbons (Fsp3) is 0.458. The Labute approximate surface area is 182 Å². The fourth-order valence-electron chi connectivity index (χ4n) is 4.30. The van der Waals surface area contributed by atoms with E-state index in [1.807, 2.05) is 4.90 Å². The van der Waals surface area contributed by atoms with Gasteiger partial charge in [-0.1, -0.05) is 0 Å². The summed E-state index contributed by atoms with van der Waals surface area (Å²) in [5.74, 6) is 1.33. The minimum atomic E-state index is -0.247. The number of ether oxygens (including phenoxy) is 1. The normalized spacial score (nSPS) is 18.0. The van der Waals surface area contributed by atoms with Crippen LogP contribution in [0.15, 0.2) is 48.5 Å². The Morgan fingerprint density at radius 2 is 1.65 bits per heavy atom. The van der Waals surface area contributed by atoms with Crippen LogP contribution in [0.25, 0.3) is 0 Å². The summed E-state index contributed by atoms with van der Waals surface area (Å²) in [6.45, 7) is 5.80. The molecule has 2 saturated heterocycles. The number of phenols is 1. The molecule has 0 unspecified atom stereocenters. The van der Waals surface area contributed by atoms with E-state index < -0.39 is 0 Å². The Kier molecular flexibility index (Phi) is 6.92. The van der Waals surface area contributed by atoms with Crippen molar-refractivity contribution in [2.45, 2.75) is 19.3 Å². The Hall–Kier alpha value is -2.80. The molecule has 7 heteroatoms. The van der Waals surface area contributed by atoms with Crippen LogP contribution in [-0.4, -0.2) is 66.8 Å². The number of urea groups is 1. The van der Waals surface area contributed by atoms with E-state index in [9.17, 15) is 14.3 Å². The maximum absolute atomic E-state index is 12.9. The number of rotatable bonds is 8. The predicted octanol–water partition coefficient (Wildman–Crippen LogP) is 3.95. The topological polar surface area (TPSA) is 56.2 Å². The van der Waals surface area contributed by atoms with Gasteiger partial charge in [0.1, 0.15) is 17.3 Å². The first-order valence-corrected chi connectivity index (χ1v) is 11.0. The lowest BCUT2D eigenvalue weighted by Gasteiger charge is -2.33. The van der Waals surface area contributed by atoms with Gasteiger partial charge < -0.3 is 19.6 Å². The smallest absolute Gasteiger partial charge is 0.324 e. The van der Waals surface area contributed by atoms with Gasteiger partial charge in [-0.25, -0.2) is 9.18 Å². The van der Waals surface area contributed by atoms with Crippen LogP contribution in [0.4, 0.5) is 14.9 Å². The van der Waals surface area contributed by atoms with Crippen LogP contribution in [0.5, 0.6) is 11.5 Å². The number of aromatic hydroxyl groups is 1. The van der Waals surface area contributed by atoms with Gasteiger partial charge in [-0.15, -0.1) is 0 Å². The number of phenolic OH excluding ortho intramolecular Hbond substituents is 1. The van der Waals surface area contributed by atoms with Crippen molar-refractivity contribution in [1.82, 2.24) is 9.80 Å². The second-order valence-electron chi connectivity index (χ2n) is 8.31. The predicted molar refractivity (Wildman–Crippen MR) is 118 cm³/mol. The molecule has 2 fully saturated rings. The highest BCUT2D eigenvalue weighted by Gasteiger charge is 2.30. The van der Waals surface area contributed by atoms with Crippen molar-refractivity contribution in [2.24, 2.45) is 5.92 Å². The van der Waals surface area contributed by atoms with E-state index in [1.54, 1.807) is 41.3 Å². The van der Waals surface area contributed by atoms with Crippen molar-refractivity contribution < 1.29 is 19.0 Å². The first-order valence-electron chi connectivity index (χ1n) is 11.0. The number of amides is 2. The highest BCUT2D eigenvalue weighted by molar-refractivity contribution is 5.94. The molecule has 0 radical (unpaired) electrons. The van der Waals surface area contributed by atoms with Crippen molar-refractivity contribution >= 4 is 11.7 Å². The average Bonchev–Trinajstić information content (AvgIpc) is 3.15. The van der Waals surface area contributed by atoms with Crippen molar-refractivity contribution in [3.05, 3.63) is 54.3 Å². The number of hydrogen-bond donors (Lipinski definition) is 1. The number of nitrogens with zero attached hydrogens (tertiary/aromatic N) is 3. The summed E-state index contributed by atoms with van der Waals surface area (Å²) in [5.41, 5.74) is 0.828. The second-order valence-corrected chi connectivity index (χ2v) is 8.31. The van der Waals surface area contributed by atoms with E-state index in [2.05, 4.69) is 4.90 Å². The van der Waals surface area contributed by atoms with Gasteiger partial charge >= 0.3 is 6.03 Å². The largest absolute Gasteiger partial charge is 0.508 e. The third-order valence-electron chi connectivity index (χ3n) is 6.26. The molecular formula is C24H30FN3O3. The lowest BCUT2D eigenvalue weighted by molar-refractivity contribution is 0.151. The highest BCUT2D eigenvalue weighted by atomic mass is 19.1. The zero-order valence-electron chi connectivity index (χ0n) is 17.8. The molecule has 6 nitrogen and oxygen atoms in total. The summed E-state index contributed by atoms with van der Waals surface area (Å²) in [5, 5.41) is 9.43. The first-order chi connectivity index (χ1) is 15.1. The van der Waals surface area contributed by atoms with Crippen molar-refractivity contribution in [1.29, 1.82) is 0 Å². The van der Waals surface area contributed by atoms with Crippen molar-refractivity contribution in [3.63, 3.8) is 0 Å². The number of carbonyl (C=O) groups is 1. The van der Waals surface area contributed by atoms with Gasteiger partial charge in [-0.05, 0) is 86.8 Å². The summed E-state index contributed by atoms with van der Waals surface area (Å²) in [6.07, 6.45) is 3.29. The molecule has 4 rings (SSSR count). The van der Waals surface area contributed by atoms with E-state index in [1.165, 1.54) is 12.1 Å². The Balaban J connectivity index is 1.14. The minimum Gasteiger partial charge on any atom is -0.508 e. The first kappa shape index (κ1) is 21.4. The van der Waals surface area contributed by atoms with Gasteiger partial charge in [-0.2, -0.15) is 0 Å². The number of carbonyl (C=O) groups excluding carboxylic acids is 1. The van der Waals surface area contributed by atoms with Crippen LogP contribution < -0.4 is 9.64 Å². The third-order valence-corrected chi connectivity index (χ3v) is 6.26. The van der Waals surface area contributed by atoms with E-state index >= 15 is 0 Å². The zero-order chi connectivity index (χ0) is 21.6. The van der Waals surface area contributed by atoms with Gasteiger partial charge in [0.25, 0.3) is 0 Å². The number of piperidine rings is 1. The Morgan fingerprint density at radius 3 is 2.35 bits per heavy atom. The molecule has 2 aromatic carbocycles. The monoisotopic (exact) mass is 427 g/mol. The van der Waals surface area contributed by atoms with Crippen LogP contribution in [0.2, 0.25) is 0 Å². The van der Waals surface area contributed by atoms with E-state index in [0.29, 0.717) is 19.1 Å². The molecule has 2 amide bonds. The molecular weight excluding hydrogens is 397 g/mol. The zero-order valence-corrected chi connectivity index (χ0v) is 17.8. The van der Waals surface area contributed by atoms with Gasteiger partial charge in [0.2, 0.25) is 0 Å². The molecule has 166 valence electrons. The summed E-state index contributed by atoms with van der Waals surface area (Å²) in [6, 6.07) is 13.0. The van der Waals surface area contributed by atoms with Crippen LogP contribution in [-0.2, 0) is 0 Å². The molecule has 2 heterocycles. The molecule has 0 saturated carbocycles. The number of likely N-dealkylation sites (tertiary alicyclic amines) is 1. The Bertz CT molecular complexity index is 851. The molecule has 2 aliphatic rings. The quantitative estimate of drug-likeness (QED) is 0.693. The molecule has 1 N–H and O–H groups in total. The standard InChI is InChI=1S/C24H30FN3O3/c25-20-1-7-23(8-2-20)31-18-11-19-9-12-26(13-10-19)14-15-27-16-17-28(24(27)30)21-3-5-22(29)6-4-21/h1-8,19,29H,9-18H2. The van der Waals surface area contributed by atoms with Crippen molar-refractivity contribution in [2.75, 3.05) is 50.8 Å². The van der Waals surface area contributed by atoms with E-state index in [4.69, 9.17) is 4.74 Å². The second kappa shape index (κ2) is 10.0. The summed E-state index contributed by atoms with van der Waals surface area (Å²) in [7, 11) is 0. The summed E-state index contributed by atoms with van der Waals surface area (Å²) < 4.78 is 18.7. The van der Waals surface area contributed by atoms with Crippen LogP contribution >= 0.6 is 0 Å². The number of benzene rings is 2. The van der Waals surface area contributed by atoms with Crippen LogP contribution in [0, 0.1) is 11.7 Å². The third kappa shape index (κ3) is 5.67. The van der Waals surface area contributed by atoms with Crippen LogP contribution in [0.1, 0.15) is 19.3 Å². The number of anilines is 1. The van der Waals surface area contributed by atoms with Gasteiger partial charge in [0, 0.05) is 31.9 Å². The molecule has 2 aromatic rings. The fourth-order valence-corrected chi connectivity index (χ4v) is 4.30. The average molecular weight is 428 g/mol. The highest BCUT2D eigenvalue weighted by Crippen LogP contribution is 2.24.